The molecule has 2 rings (SSSR count). The number of nitrogens with zero attached hydrogens (tertiary/aromatic N) is 1. The largest absolute Gasteiger partial charge is 0.307 e. The summed E-state index contributed by atoms with van der Waals surface area (Å²) in [5, 5.41) is 3.73. The molecule has 2 heteroatoms. The van der Waals surface area contributed by atoms with Gasteiger partial charge in [-0.15, -0.1) is 0 Å². The Kier molecular flexibility index (Phi) is 3.94. The summed E-state index contributed by atoms with van der Waals surface area (Å²) >= 11 is 0. The fourth-order valence-electron chi connectivity index (χ4n) is 2.21. The molecule has 2 unspecified atom stereocenters. The second-order valence-corrected chi connectivity index (χ2v) is 4.95. The maximum Gasteiger partial charge on any atom is 0.0295 e. The predicted molar refractivity (Wildman–Crippen MR) is 67.2 cm³/mol. The first-order chi connectivity index (χ1) is 7.79. The summed E-state index contributed by atoms with van der Waals surface area (Å²) in [5.74, 6) is 1.00. The molecule has 1 aliphatic rings. The zero-order chi connectivity index (χ0) is 11.4. The Balaban J connectivity index is 1.86. The highest BCUT2D eigenvalue weighted by Gasteiger charge is 2.25. The van der Waals surface area contributed by atoms with Crippen LogP contribution < -0.4 is 5.32 Å². The number of hydrogen-bond acceptors (Lipinski definition) is 2. The number of aromatic nitrogens is 1. The summed E-state index contributed by atoms with van der Waals surface area (Å²) in [6.07, 6.45) is 9.21. The van der Waals surface area contributed by atoms with Crippen LogP contribution in [0, 0.1) is 5.92 Å². The van der Waals surface area contributed by atoms with E-state index >= 15 is 0 Å². The highest BCUT2D eigenvalue weighted by Crippen LogP contribution is 2.34. The van der Waals surface area contributed by atoms with Gasteiger partial charge >= 0.3 is 0 Å². The molecule has 2 nitrogen and oxygen atoms in total. The van der Waals surface area contributed by atoms with E-state index in [4.69, 9.17) is 0 Å². The number of nitrogens with one attached hydrogen (secondary N) is 1. The fourth-order valence-corrected chi connectivity index (χ4v) is 2.21. The van der Waals surface area contributed by atoms with Crippen molar-refractivity contribution < 1.29 is 0 Å². The Morgan fingerprint density at radius 1 is 1.38 bits per heavy atom. The van der Waals surface area contributed by atoms with Crippen molar-refractivity contribution in [1.82, 2.24) is 10.3 Å². The molecule has 2 atom stereocenters. The third-order valence-corrected chi connectivity index (χ3v) is 3.50. The van der Waals surface area contributed by atoms with E-state index in [1.807, 2.05) is 12.4 Å². The standard InChI is InChI=1S/C14H22N2/c1-3-14(10-12-4-5-12)16-11(2)13-6-8-15-9-7-13/h6-9,11-12,14,16H,3-5,10H2,1-2H3. The molecule has 0 saturated heterocycles. The van der Waals surface area contributed by atoms with Gasteiger partial charge in [0, 0.05) is 24.5 Å². The van der Waals surface area contributed by atoms with Crippen LogP contribution in [-0.4, -0.2) is 11.0 Å². The maximum absolute atomic E-state index is 4.06. The summed E-state index contributed by atoms with van der Waals surface area (Å²) in [6, 6.07) is 5.31. The van der Waals surface area contributed by atoms with Gasteiger partial charge in [-0.05, 0) is 43.4 Å². The van der Waals surface area contributed by atoms with Crippen LogP contribution in [0.25, 0.3) is 0 Å². The van der Waals surface area contributed by atoms with Crippen LogP contribution in [-0.2, 0) is 0 Å². The van der Waals surface area contributed by atoms with Crippen LogP contribution in [0.5, 0.6) is 0 Å². The summed E-state index contributed by atoms with van der Waals surface area (Å²) in [7, 11) is 0. The lowest BCUT2D eigenvalue weighted by Gasteiger charge is -2.22. The van der Waals surface area contributed by atoms with Crippen molar-refractivity contribution >= 4 is 0 Å². The molecule has 1 aromatic rings. The summed E-state index contributed by atoms with van der Waals surface area (Å²) < 4.78 is 0. The van der Waals surface area contributed by atoms with Gasteiger partial charge in [0.2, 0.25) is 0 Å². The minimum absolute atomic E-state index is 0.437. The van der Waals surface area contributed by atoms with Gasteiger partial charge in [0.25, 0.3) is 0 Å². The summed E-state index contributed by atoms with van der Waals surface area (Å²) in [4.78, 5) is 4.06. The Morgan fingerprint density at radius 3 is 2.62 bits per heavy atom. The Morgan fingerprint density at radius 2 is 2.06 bits per heavy atom. The first-order valence-corrected chi connectivity index (χ1v) is 6.45. The summed E-state index contributed by atoms with van der Waals surface area (Å²) in [6.45, 7) is 4.52. The molecule has 1 N–H and O–H groups in total. The molecule has 0 aromatic carbocycles. The number of rotatable bonds is 6. The molecule has 16 heavy (non-hydrogen) atoms. The SMILES string of the molecule is CCC(CC1CC1)NC(C)c1ccncc1. The Labute approximate surface area is 98.5 Å². The van der Waals surface area contributed by atoms with Gasteiger partial charge in [-0.1, -0.05) is 19.8 Å². The predicted octanol–water partition coefficient (Wildman–Crippen LogP) is 3.31. The van der Waals surface area contributed by atoms with E-state index in [1.54, 1.807) is 0 Å². The molecule has 1 fully saturated rings. The van der Waals surface area contributed by atoms with Crippen molar-refractivity contribution in [2.45, 2.75) is 51.6 Å². The van der Waals surface area contributed by atoms with E-state index in [9.17, 15) is 0 Å². The Hall–Kier alpha value is -0.890. The molecule has 1 heterocycles. The molecule has 0 radical (unpaired) electrons. The van der Waals surface area contributed by atoms with Crippen LogP contribution in [0.4, 0.5) is 0 Å². The second kappa shape index (κ2) is 5.44. The van der Waals surface area contributed by atoms with Gasteiger partial charge in [-0.3, -0.25) is 4.98 Å². The van der Waals surface area contributed by atoms with Crippen molar-refractivity contribution in [3.63, 3.8) is 0 Å². The number of hydrogen-bond donors (Lipinski definition) is 1. The van der Waals surface area contributed by atoms with Crippen molar-refractivity contribution in [2.24, 2.45) is 5.92 Å². The molecule has 1 saturated carbocycles. The van der Waals surface area contributed by atoms with Crippen molar-refractivity contribution in [3.8, 4) is 0 Å². The van der Waals surface area contributed by atoms with Crippen LogP contribution in [0.1, 0.15) is 51.1 Å². The molecule has 0 bridgehead atoms. The van der Waals surface area contributed by atoms with Gasteiger partial charge in [-0.25, -0.2) is 0 Å². The average molecular weight is 218 g/mol. The van der Waals surface area contributed by atoms with Gasteiger partial charge in [-0.2, -0.15) is 0 Å². The van der Waals surface area contributed by atoms with E-state index in [-0.39, 0.29) is 0 Å². The zero-order valence-electron chi connectivity index (χ0n) is 10.3. The van der Waals surface area contributed by atoms with Gasteiger partial charge in [0.05, 0.1) is 0 Å². The van der Waals surface area contributed by atoms with E-state index in [0.717, 1.165) is 5.92 Å². The monoisotopic (exact) mass is 218 g/mol. The van der Waals surface area contributed by atoms with Crippen LogP contribution >= 0.6 is 0 Å². The lowest BCUT2D eigenvalue weighted by atomic mass is 10.0. The Bertz CT molecular complexity index is 306. The highest BCUT2D eigenvalue weighted by atomic mass is 14.9. The van der Waals surface area contributed by atoms with Gasteiger partial charge in [0.1, 0.15) is 0 Å². The lowest BCUT2D eigenvalue weighted by Crippen LogP contribution is -2.31. The van der Waals surface area contributed by atoms with Gasteiger partial charge < -0.3 is 5.32 Å². The molecular weight excluding hydrogens is 196 g/mol. The molecule has 0 spiro atoms. The maximum atomic E-state index is 4.06. The second-order valence-electron chi connectivity index (χ2n) is 4.95. The number of pyridine rings is 1. The van der Waals surface area contributed by atoms with Crippen molar-refractivity contribution in [2.75, 3.05) is 0 Å². The quantitative estimate of drug-likeness (QED) is 0.792. The topological polar surface area (TPSA) is 24.9 Å². The normalized spacial score (nSPS) is 19.4. The van der Waals surface area contributed by atoms with Crippen molar-refractivity contribution in [1.29, 1.82) is 0 Å². The van der Waals surface area contributed by atoms with E-state index < -0.39 is 0 Å². The molecule has 88 valence electrons. The van der Waals surface area contributed by atoms with Crippen LogP contribution in [0.15, 0.2) is 24.5 Å². The molecule has 1 aromatic heterocycles. The first kappa shape index (κ1) is 11.6. The minimum Gasteiger partial charge on any atom is -0.307 e. The van der Waals surface area contributed by atoms with Crippen LogP contribution in [0.3, 0.4) is 0 Å². The van der Waals surface area contributed by atoms with Gasteiger partial charge in [0.15, 0.2) is 0 Å². The zero-order valence-corrected chi connectivity index (χ0v) is 10.3. The fraction of sp³-hybridized carbons (Fsp3) is 0.643. The average Bonchev–Trinajstić information content (AvgIpc) is 3.13. The lowest BCUT2D eigenvalue weighted by molar-refractivity contribution is 0.404. The van der Waals surface area contributed by atoms with Crippen molar-refractivity contribution in [3.05, 3.63) is 30.1 Å². The summed E-state index contributed by atoms with van der Waals surface area (Å²) in [5.41, 5.74) is 1.34. The van der Waals surface area contributed by atoms with E-state index in [2.05, 4.69) is 36.3 Å². The minimum atomic E-state index is 0.437. The van der Waals surface area contributed by atoms with E-state index in [1.165, 1.54) is 31.2 Å². The molecule has 1 aliphatic carbocycles. The molecule has 0 aliphatic heterocycles. The molecule has 0 amide bonds. The smallest absolute Gasteiger partial charge is 0.0295 e. The highest BCUT2D eigenvalue weighted by molar-refractivity contribution is 5.14. The third-order valence-electron chi connectivity index (χ3n) is 3.50. The van der Waals surface area contributed by atoms with E-state index in [0.29, 0.717) is 12.1 Å². The van der Waals surface area contributed by atoms with Crippen LogP contribution in [0.2, 0.25) is 0 Å². The third kappa shape index (κ3) is 3.31. The first-order valence-electron chi connectivity index (χ1n) is 6.45. The molecular formula is C14H22N2.